The quantitative estimate of drug-likeness (QED) is 0.577. The van der Waals surface area contributed by atoms with E-state index in [4.69, 9.17) is 0 Å². The number of amides is 1. The lowest BCUT2D eigenvalue weighted by molar-refractivity contribution is -0.112. The first-order valence-corrected chi connectivity index (χ1v) is 10.8. The first-order chi connectivity index (χ1) is 13.8. The van der Waals surface area contributed by atoms with E-state index in [-0.39, 0.29) is 10.5 Å². The van der Waals surface area contributed by atoms with Gasteiger partial charge in [-0.1, -0.05) is 12.5 Å². The lowest BCUT2D eigenvalue weighted by atomic mass is 10.1. The molecule has 1 amide bonds. The van der Waals surface area contributed by atoms with Crippen LogP contribution in [0.15, 0.2) is 34.7 Å². The Hall–Kier alpha value is -2.96. The molecule has 2 N–H and O–H groups in total. The number of aromatic amines is 1. The number of nitrogens with one attached hydrogen (secondary N) is 2. The number of nitrogens with zero attached hydrogens (tertiary/aromatic N) is 3. The van der Waals surface area contributed by atoms with Crippen molar-refractivity contribution in [2.24, 2.45) is 0 Å². The smallest absolute Gasteiger partial charge is 0.266 e. The van der Waals surface area contributed by atoms with Crippen molar-refractivity contribution in [2.75, 3.05) is 18.4 Å². The summed E-state index contributed by atoms with van der Waals surface area (Å²) in [7, 11) is -3.61. The minimum Gasteiger partial charge on any atom is -0.321 e. The van der Waals surface area contributed by atoms with Crippen molar-refractivity contribution in [3.63, 3.8) is 0 Å². The van der Waals surface area contributed by atoms with Crippen LogP contribution in [0.1, 0.15) is 36.2 Å². The molecule has 29 heavy (non-hydrogen) atoms. The van der Waals surface area contributed by atoms with Gasteiger partial charge in [-0.2, -0.15) is 14.7 Å². The number of rotatable bonds is 5. The van der Waals surface area contributed by atoms with Crippen LogP contribution in [-0.4, -0.2) is 41.9 Å². The third kappa shape index (κ3) is 4.55. The molecule has 9 heteroatoms. The average Bonchev–Trinajstić information content (AvgIpc) is 3.04. The van der Waals surface area contributed by atoms with Crippen molar-refractivity contribution < 1.29 is 13.2 Å². The van der Waals surface area contributed by atoms with E-state index in [1.807, 2.05) is 6.07 Å². The third-order valence-corrected chi connectivity index (χ3v) is 6.78. The number of hydrogen-bond donors (Lipinski definition) is 2. The SMILES string of the molecule is Cc1n[nH]c(C)c1/C=C(\C#N)C(=O)Nc1cccc(S(=O)(=O)N2CCCCC2)c1. The number of hydrogen-bond acceptors (Lipinski definition) is 5. The van der Waals surface area contributed by atoms with E-state index in [9.17, 15) is 18.5 Å². The summed E-state index contributed by atoms with van der Waals surface area (Å²) >= 11 is 0. The van der Waals surface area contributed by atoms with Crippen LogP contribution >= 0.6 is 0 Å². The molecule has 0 saturated carbocycles. The molecule has 1 fully saturated rings. The van der Waals surface area contributed by atoms with Gasteiger partial charge in [0, 0.05) is 30.0 Å². The Morgan fingerprint density at radius 2 is 2.00 bits per heavy atom. The second-order valence-electron chi connectivity index (χ2n) is 6.96. The van der Waals surface area contributed by atoms with Gasteiger partial charge in [0.1, 0.15) is 11.6 Å². The van der Waals surface area contributed by atoms with Crippen molar-refractivity contribution >= 4 is 27.7 Å². The molecule has 152 valence electrons. The molecule has 1 aromatic heterocycles. The van der Waals surface area contributed by atoms with E-state index in [2.05, 4.69) is 15.5 Å². The minimum absolute atomic E-state index is 0.0955. The van der Waals surface area contributed by atoms with E-state index in [0.717, 1.165) is 25.0 Å². The molecule has 1 aliphatic rings. The first kappa shape index (κ1) is 20.8. The molecule has 2 heterocycles. The topological polar surface area (TPSA) is 119 Å². The molecule has 0 unspecified atom stereocenters. The van der Waals surface area contributed by atoms with E-state index >= 15 is 0 Å². The van der Waals surface area contributed by atoms with Crippen LogP contribution in [0.3, 0.4) is 0 Å². The zero-order valence-electron chi connectivity index (χ0n) is 16.4. The van der Waals surface area contributed by atoms with Gasteiger partial charge in [0.2, 0.25) is 10.0 Å². The molecule has 0 spiro atoms. The summed E-state index contributed by atoms with van der Waals surface area (Å²) in [4.78, 5) is 12.7. The monoisotopic (exact) mass is 413 g/mol. The second-order valence-corrected chi connectivity index (χ2v) is 8.90. The van der Waals surface area contributed by atoms with Crippen LogP contribution in [0.25, 0.3) is 6.08 Å². The fourth-order valence-corrected chi connectivity index (χ4v) is 4.82. The van der Waals surface area contributed by atoms with Crippen molar-refractivity contribution in [1.29, 1.82) is 5.26 Å². The van der Waals surface area contributed by atoms with Crippen LogP contribution in [0, 0.1) is 25.2 Å². The van der Waals surface area contributed by atoms with Gasteiger partial charge in [-0.3, -0.25) is 9.89 Å². The molecule has 3 rings (SSSR count). The molecule has 1 aromatic carbocycles. The maximum absolute atomic E-state index is 12.8. The summed E-state index contributed by atoms with van der Waals surface area (Å²) in [5.74, 6) is -0.611. The molecule has 1 saturated heterocycles. The van der Waals surface area contributed by atoms with Crippen LogP contribution in [0.2, 0.25) is 0 Å². The number of aryl methyl sites for hydroxylation is 2. The number of piperidine rings is 1. The first-order valence-electron chi connectivity index (χ1n) is 9.38. The predicted molar refractivity (Wildman–Crippen MR) is 109 cm³/mol. The van der Waals surface area contributed by atoms with E-state index in [0.29, 0.717) is 30.0 Å². The Labute approximate surface area is 170 Å². The zero-order chi connectivity index (χ0) is 21.0. The summed E-state index contributed by atoms with van der Waals surface area (Å²) in [6.45, 7) is 4.58. The molecule has 2 aromatic rings. The zero-order valence-corrected chi connectivity index (χ0v) is 17.2. The fourth-order valence-electron chi connectivity index (χ4n) is 3.25. The molecule has 1 aliphatic heterocycles. The van der Waals surface area contributed by atoms with Gasteiger partial charge in [0.25, 0.3) is 5.91 Å². The van der Waals surface area contributed by atoms with Crippen LogP contribution in [0.4, 0.5) is 5.69 Å². The number of anilines is 1. The molecule has 0 bridgehead atoms. The summed E-state index contributed by atoms with van der Waals surface area (Å²) in [5.41, 5.74) is 2.32. The van der Waals surface area contributed by atoms with E-state index in [1.54, 1.807) is 26.0 Å². The highest BCUT2D eigenvalue weighted by molar-refractivity contribution is 7.89. The lowest BCUT2D eigenvalue weighted by Crippen LogP contribution is -2.35. The number of nitriles is 1. The molecule has 0 atom stereocenters. The largest absolute Gasteiger partial charge is 0.321 e. The highest BCUT2D eigenvalue weighted by atomic mass is 32.2. The maximum atomic E-state index is 12.8. The van der Waals surface area contributed by atoms with Crippen molar-refractivity contribution in [1.82, 2.24) is 14.5 Å². The van der Waals surface area contributed by atoms with Crippen LogP contribution < -0.4 is 5.32 Å². The minimum atomic E-state index is -3.61. The summed E-state index contributed by atoms with van der Waals surface area (Å²) in [6, 6.07) is 8.00. The van der Waals surface area contributed by atoms with Crippen LogP contribution in [-0.2, 0) is 14.8 Å². The van der Waals surface area contributed by atoms with E-state index < -0.39 is 15.9 Å². The number of H-pyrrole nitrogens is 1. The average molecular weight is 414 g/mol. The number of carbonyl (C=O) groups excluding carboxylic acids is 1. The Kier molecular flexibility index (Phi) is 6.15. The fraction of sp³-hybridized carbons (Fsp3) is 0.350. The summed E-state index contributed by atoms with van der Waals surface area (Å²) in [6.07, 6.45) is 4.19. The van der Waals surface area contributed by atoms with Gasteiger partial charge in [0.15, 0.2) is 0 Å². The van der Waals surface area contributed by atoms with Gasteiger partial charge in [-0.25, -0.2) is 8.42 Å². The van der Waals surface area contributed by atoms with Gasteiger partial charge >= 0.3 is 0 Å². The number of benzene rings is 1. The molecule has 8 nitrogen and oxygen atoms in total. The Morgan fingerprint density at radius 3 is 2.62 bits per heavy atom. The Balaban J connectivity index is 1.82. The third-order valence-electron chi connectivity index (χ3n) is 4.88. The van der Waals surface area contributed by atoms with Gasteiger partial charge in [0.05, 0.1) is 10.6 Å². The maximum Gasteiger partial charge on any atom is 0.266 e. The van der Waals surface area contributed by atoms with Gasteiger partial charge in [-0.05, 0) is 51.0 Å². The summed E-state index contributed by atoms with van der Waals surface area (Å²) in [5, 5.41) is 18.9. The normalized spacial score (nSPS) is 15.7. The van der Waals surface area contributed by atoms with Crippen molar-refractivity contribution in [3.05, 3.63) is 46.8 Å². The van der Waals surface area contributed by atoms with Gasteiger partial charge < -0.3 is 5.32 Å². The highest BCUT2D eigenvalue weighted by Gasteiger charge is 2.26. The number of sulfonamides is 1. The van der Waals surface area contributed by atoms with Gasteiger partial charge in [-0.15, -0.1) is 0 Å². The van der Waals surface area contributed by atoms with E-state index in [1.165, 1.54) is 22.5 Å². The molecule has 0 radical (unpaired) electrons. The molecule has 0 aliphatic carbocycles. The second kappa shape index (κ2) is 8.59. The predicted octanol–water partition coefficient (Wildman–Crippen LogP) is 2.75. The van der Waals surface area contributed by atoms with Crippen molar-refractivity contribution in [2.45, 2.75) is 38.0 Å². The highest BCUT2D eigenvalue weighted by Crippen LogP contribution is 2.23. The van der Waals surface area contributed by atoms with Crippen LogP contribution in [0.5, 0.6) is 0 Å². The number of aromatic nitrogens is 2. The Bertz CT molecular complexity index is 1070. The standard InChI is InChI=1S/C20H23N5O3S/c1-14-19(15(2)24-23-14)11-16(13-21)20(26)22-17-7-6-8-18(12-17)29(27,28)25-9-4-3-5-10-25/h6-8,11-12H,3-5,9-10H2,1-2H3,(H,22,26)(H,23,24)/b16-11+. The number of carbonyl (C=O) groups is 1. The Morgan fingerprint density at radius 1 is 1.28 bits per heavy atom. The lowest BCUT2D eigenvalue weighted by Gasteiger charge is -2.26. The summed E-state index contributed by atoms with van der Waals surface area (Å²) < 4.78 is 27.2. The molecular formula is C20H23N5O3S. The molecular weight excluding hydrogens is 390 g/mol. The van der Waals surface area contributed by atoms with Crippen molar-refractivity contribution in [3.8, 4) is 6.07 Å².